The zero-order valence-electron chi connectivity index (χ0n) is 18.2. The summed E-state index contributed by atoms with van der Waals surface area (Å²) >= 11 is 3.40. The van der Waals surface area contributed by atoms with Gasteiger partial charge in [-0.2, -0.15) is 0 Å². The quantitative estimate of drug-likeness (QED) is 0.304. The van der Waals surface area contributed by atoms with E-state index in [-0.39, 0.29) is 11.9 Å². The summed E-state index contributed by atoms with van der Waals surface area (Å²) in [5.74, 6) is 1.64. The van der Waals surface area contributed by atoms with Gasteiger partial charge in [-0.05, 0) is 68.3 Å². The standard InChI is InChI=1S/C26H26BrN3O2/c1-18-8-3-6-11-24(18)32-17-7-16-30-23-10-5-4-9-22(23)29-25(30)19(2)28-26(31)20-12-14-21(27)15-13-20/h3-6,8-15,19H,7,16-17H2,1-2H3,(H,28,31). The van der Waals surface area contributed by atoms with Crippen LogP contribution in [0.25, 0.3) is 11.0 Å². The molecule has 1 amide bonds. The van der Waals surface area contributed by atoms with Gasteiger partial charge in [0.05, 0.1) is 23.7 Å². The summed E-state index contributed by atoms with van der Waals surface area (Å²) in [5.41, 5.74) is 3.73. The molecule has 1 aromatic heterocycles. The fraction of sp³-hybridized carbons (Fsp3) is 0.231. The highest BCUT2D eigenvalue weighted by atomic mass is 79.9. The van der Waals surface area contributed by atoms with Crippen LogP contribution >= 0.6 is 15.9 Å². The molecule has 5 nitrogen and oxygen atoms in total. The molecule has 0 spiro atoms. The largest absolute Gasteiger partial charge is 0.493 e. The van der Waals surface area contributed by atoms with Crippen molar-refractivity contribution >= 4 is 32.9 Å². The third kappa shape index (κ3) is 5.02. The minimum absolute atomic E-state index is 0.119. The molecule has 0 aliphatic rings. The van der Waals surface area contributed by atoms with Crippen LogP contribution < -0.4 is 10.1 Å². The molecule has 3 aromatic carbocycles. The van der Waals surface area contributed by atoms with Crippen LogP contribution in [0.2, 0.25) is 0 Å². The lowest BCUT2D eigenvalue weighted by Gasteiger charge is -2.17. The summed E-state index contributed by atoms with van der Waals surface area (Å²) < 4.78 is 9.10. The Balaban J connectivity index is 1.48. The SMILES string of the molecule is Cc1ccccc1OCCCn1c(C(C)NC(=O)c2ccc(Br)cc2)nc2ccccc21. The van der Waals surface area contributed by atoms with E-state index in [4.69, 9.17) is 9.72 Å². The lowest BCUT2D eigenvalue weighted by atomic mass is 10.2. The van der Waals surface area contributed by atoms with E-state index in [1.165, 1.54) is 0 Å². The Hall–Kier alpha value is -3.12. The van der Waals surface area contributed by atoms with Gasteiger partial charge in [0.1, 0.15) is 11.6 Å². The number of imidazole rings is 1. The van der Waals surface area contributed by atoms with Gasteiger partial charge in [0.2, 0.25) is 0 Å². The average Bonchev–Trinajstić information content (AvgIpc) is 3.17. The second-order valence-corrected chi connectivity index (χ2v) is 8.70. The van der Waals surface area contributed by atoms with Gasteiger partial charge in [-0.3, -0.25) is 4.79 Å². The van der Waals surface area contributed by atoms with E-state index in [0.717, 1.165) is 45.6 Å². The maximum Gasteiger partial charge on any atom is 0.251 e. The predicted octanol–water partition coefficient (Wildman–Crippen LogP) is 6.07. The topological polar surface area (TPSA) is 56.1 Å². The minimum Gasteiger partial charge on any atom is -0.493 e. The van der Waals surface area contributed by atoms with Gasteiger partial charge in [-0.15, -0.1) is 0 Å². The predicted molar refractivity (Wildman–Crippen MR) is 131 cm³/mol. The van der Waals surface area contributed by atoms with Crippen LogP contribution in [-0.2, 0) is 6.54 Å². The number of carbonyl (C=O) groups excluding carboxylic acids is 1. The molecular weight excluding hydrogens is 466 g/mol. The Morgan fingerprint density at radius 3 is 2.56 bits per heavy atom. The van der Waals surface area contributed by atoms with Gasteiger partial charge in [0, 0.05) is 16.6 Å². The van der Waals surface area contributed by atoms with E-state index in [9.17, 15) is 4.79 Å². The maximum atomic E-state index is 12.7. The molecule has 6 heteroatoms. The number of hydrogen-bond donors (Lipinski definition) is 1. The summed E-state index contributed by atoms with van der Waals surface area (Å²) in [6.45, 7) is 5.38. The van der Waals surface area contributed by atoms with E-state index >= 15 is 0 Å². The first-order chi connectivity index (χ1) is 15.5. The first-order valence-electron chi connectivity index (χ1n) is 10.7. The van der Waals surface area contributed by atoms with Crippen LogP contribution in [0.1, 0.15) is 41.1 Å². The number of hydrogen-bond acceptors (Lipinski definition) is 3. The lowest BCUT2D eigenvalue weighted by Crippen LogP contribution is -2.28. The minimum atomic E-state index is -0.240. The van der Waals surface area contributed by atoms with Gasteiger partial charge in [-0.25, -0.2) is 4.98 Å². The summed E-state index contributed by atoms with van der Waals surface area (Å²) in [7, 11) is 0. The highest BCUT2D eigenvalue weighted by molar-refractivity contribution is 9.10. The molecule has 32 heavy (non-hydrogen) atoms. The molecule has 1 N–H and O–H groups in total. The summed E-state index contributed by atoms with van der Waals surface area (Å²) in [6.07, 6.45) is 0.828. The van der Waals surface area contributed by atoms with Crippen LogP contribution in [0.4, 0.5) is 0 Å². The van der Waals surface area contributed by atoms with Crippen molar-refractivity contribution in [3.05, 3.63) is 94.2 Å². The van der Waals surface area contributed by atoms with Crippen LogP contribution in [-0.4, -0.2) is 22.1 Å². The van der Waals surface area contributed by atoms with E-state index in [1.54, 1.807) is 12.1 Å². The summed E-state index contributed by atoms with van der Waals surface area (Å²) in [4.78, 5) is 17.6. The maximum absolute atomic E-state index is 12.7. The molecule has 1 unspecified atom stereocenters. The van der Waals surface area contributed by atoms with Crippen molar-refractivity contribution in [2.75, 3.05) is 6.61 Å². The number of carbonyl (C=O) groups is 1. The van der Waals surface area contributed by atoms with E-state index < -0.39 is 0 Å². The zero-order valence-corrected chi connectivity index (χ0v) is 19.8. The number of aromatic nitrogens is 2. The van der Waals surface area contributed by atoms with Crippen molar-refractivity contribution in [2.45, 2.75) is 32.9 Å². The molecule has 164 valence electrons. The van der Waals surface area contributed by atoms with Gasteiger partial charge in [0.15, 0.2) is 0 Å². The first-order valence-corrected chi connectivity index (χ1v) is 11.5. The van der Waals surface area contributed by atoms with Crippen molar-refractivity contribution < 1.29 is 9.53 Å². The van der Waals surface area contributed by atoms with Crippen molar-refractivity contribution in [2.24, 2.45) is 0 Å². The average molecular weight is 492 g/mol. The monoisotopic (exact) mass is 491 g/mol. The second-order valence-electron chi connectivity index (χ2n) is 7.78. The molecule has 0 fully saturated rings. The number of nitrogens with one attached hydrogen (secondary N) is 1. The molecule has 0 saturated heterocycles. The Kier molecular flexibility index (Phi) is 6.90. The van der Waals surface area contributed by atoms with Gasteiger partial charge >= 0.3 is 0 Å². The third-order valence-corrected chi connectivity index (χ3v) is 5.93. The fourth-order valence-corrected chi connectivity index (χ4v) is 3.99. The summed E-state index contributed by atoms with van der Waals surface area (Å²) in [6, 6.07) is 23.2. The molecule has 4 rings (SSSR count). The number of fused-ring (bicyclic) bond motifs is 1. The second kappa shape index (κ2) is 10.0. The normalized spacial score (nSPS) is 12.0. The molecule has 0 aliphatic carbocycles. The molecule has 0 bridgehead atoms. The molecule has 0 radical (unpaired) electrons. The Bertz CT molecular complexity index is 1220. The molecular formula is C26H26BrN3O2. The molecule has 0 saturated carbocycles. The number of para-hydroxylation sites is 3. The van der Waals surface area contributed by atoms with E-state index in [2.05, 4.69) is 31.9 Å². The number of rotatable bonds is 8. The van der Waals surface area contributed by atoms with Crippen molar-refractivity contribution in [1.29, 1.82) is 0 Å². The molecule has 1 atom stereocenters. The lowest BCUT2D eigenvalue weighted by molar-refractivity contribution is 0.0937. The number of halogens is 1. The summed E-state index contributed by atoms with van der Waals surface area (Å²) in [5, 5.41) is 3.09. The van der Waals surface area contributed by atoms with Crippen LogP contribution in [0, 0.1) is 6.92 Å². The first kappa shape index (κ1) is 22.1. The van der Waals surface area contributed by atoms with Crippen LogP contribution in [0.5, 0.6) is 5.75 Å². The number of aryl methyl sites for hydroxylation is 2. The molecule has 1 heterocycles. The van der Waals surface area contributed by atoms with Crippen molar-refractivity contribution in [3.63, 3.8) is 0 Å². The molecule has 4 aromatic rings. The molecule has 0 aliphatic heterocycles. The van der Waals surface area contributed by atoms with Crippen LogP contribution in [0.15, 0.2) is 77.3 Å². The van der Waals surface area contributed by atoms with E-state index in [1.807, 2.05) is 68.4 Å². The zero-order chi connectivity index (χ0) is 22.5. The third-order valence-electron chi connectivity index (χ3n) is 5.40. The number of nitrogens with zero attached hydrogens (tertiary/aromatic N) is 2. The van der Waals surface area contributed by atoms with Gasteiger partial charge in [0.25, 0.3) is 5.91 Å². The smallest absolute Gasteiger partial charge is 0.251 e. The van der Waals surface area contributed by atoms with Crippen molar-refractivity contribution in [3.8, 4) is 5.75 Å². The Morgan fingerprint density at radius 2 is 1.78 bits per heavy atom. The van der Waals surface area contributed by atoms with Crippen molar-refractivity contribution in [1.82, 2.24) is 14.9 Å². The number of ether oxygens (including phenoxy) is 1. The highest BCUT2D eigenvalue weighted by Crippen LogP contribution is 2.22. The van der Waals surface area contributed by atoms with Crippen LogP contribution in [0.3, 0.4) is 0 Å². The fourth-order valence-electron chi connectivity index (χ4n) is 3.73. The number of benzene rings is 3. The number of amides is 1. The Morgan fingerprint density at radius 1 is 1.06 bits per heavy atom. The van der Waals surface area contributed by atoms with Gasteiger partial charge < -0.3 is 14.6 Å². The highest BCUT2D eigenvalue weighted by Gasteiger charge is 2.19. The van der Waals surface area contributed by atoms with E-state index in [0.29, 0.717) is 12.2 Å². The Labute approximate surface area is 196 Å². The van der Waals surface area contributed by atoms with Gasteiger partial charge in [-0.1, -0.05) is 46.3 Å².